The summed E-state index contributed by atoms with van der Waals surface area (Å²) in [6.45, 7) is 1.84. The number of carbonyl (C=O) groups is 1. The third-order valence-corrected chi connectivity index (χ3v) is 2.99. The Bertz CT molecular complexity index is 524. The van der Waals surface area contributed by atoms with Crippen molar-refractivity contribution in [3.05, 3.63) is 6.33 Å². The quantitative estimate of drug-likeness (QED) is 0.770. The van der Waals surface area contributed by atoms with Gasteiger partial charge in [-0.25, -0.2) is 15.0 Å². The van der Waals surface area contributed by atoms with E-state index in [-0.39, 0.29) is 5.78 Å². The van der Waals surface area contributed by atoms with Crippen LogP contribution in [-0.4, -0.2) is 31.5 Å². The molecule has 2 rings (SSSR count). The van der Waals surface area contributed by atoms with Crippen molar-refractivity contribution in [3.8, 4) is 0 Å². The molecule has 0 aromatic carbocycles. The van der Waals surface area contributed by atoms with Crippen LogP contribution in [0.25, 0.3) is 11.2 Å². The smallest absolute Gasteiger partial charge is 0.183 e. The first-order valence-electron chi connectivity index (χ1n) is 4.81. The van der Waals surface area contributed by atoms with E-state index in [9.17, 15) is 4.79 Å². The average molecular weight is 237 g/mol. The molecule has 2 aromatic rings. The molecule has 2 heterocycles. The van der Waals surface area contributed by atoms with E-state index in [1.165, 1.54) is 18.1 Å². The first kappa shape index (κ1) is 10.9. The van der Waals surface area contributed by atoms with Crippen LogP contribution in [-0.2, 0) is 4.79 Å². The van der Waals surface area contributed by atoms with E-state index in [2.05, 4.69) is 19.9 Å². The lowest BCUT2D eigenvalue weighted by Gasteiger charge is -1.93. The number of nitrogen functional groups attached to an aromatic ring is 1. The number of Topliss-reactive ketones (excluding diaryl/α,β-unsaturated/α-hetero) is 1. The monoisotopic (exact) mass is 237 g/mol. The number of aromatic nitrogens is 4. The summed E-state index contributed by atoms with van der Waals surface area (Å²) in [5, 5.41) is 0.643. The number of thioether (sulfide) groups is 1. The molecule has 0 aliphatic rings. The Labute approximate surface area is 96.1 Å². The predicted molar refractivity (Wildman–Crippen MR) is 62.1 cm³/mol. The Morgan fingerprint density at radius 2 is 2.38 bits per heavy atom. The summed E-state index contributed by atoms with van der Waals surface area (Å²) < 4.78 is 0. The molecule has 0 unspecified atom stereocenters. The van der Waals surface area contributed by atoms with Crippen LogP contribution in [0.4, 0.5) is 5.82 Å². The van der Waals surface area contributed by atoms with Crippen molar-refractivity contribution in [2.24, 2.45) is 0 Å². The van der Waals surface area contributed by atoms with Crippen molar-refractivity contribution in [1.29, 1.82) is 0 Å². The number of hydrogen-bond donors (Lipinski definition) is 2. The molecular formula is C9H11N5OS. The highest BCUT2D eigenvalue weighted by Crippen LogP contribution is 2.20. The van der Waals surface area contributed by atoms with Crippen LogP contribution in [0.3, 0.4) is 0 Å². The number of aromatic amines is 1. The molecule has 2 aromatic heterocycles. The van der Waals surface area contributed by atoms with Crippen molar-refractivity contribution in [1.82, 2.24) is 19.9 Å². The second-order valence-electron chi connectivity index (χ2n) is 3.18. The number of nitrogens with two attached hydrogens (primary N) is 1. The normalized spacial score (nSPS) is 10.8. The fourth-order valence-corrected chi connectivity index (χ4v) is 1.97. The Kier molecular flexibility index (Phi) is 3.04. The number of H-pyrrole nitrogens is 1. The van der Waals surface area contributed by atoms with E-state index >= 15 is 0 Å². The molecule has 84 valence electrons. The van der Waals surface area contributed by atoms with E-state index in [1.54, 1.807) is 0 Å². The predicted octanol–water partition coefficient (Wildman–Crippen LogP) is 1.01. The maximum Gasteiger partial charge on any atom is 0.183 e. The van der Waals surface area contributed by atoms with Crippen LogP contribution in [0.15, 0.2) is 11.5 Å². The van der Waals surface area contributed by atoms with Gasteiger partial charge in [-0.05, 0) is 0 Å². The van der Waals surface area contributed by atoms with Gasteiger partial charge in [-0.3, -0.25) is 4.79 Å². The molecule has 16 heavy (non-hydrogen) atoms. The first-order valence-corrected chi connectivity index (χ1v) is 5.80. The number of hydrogen-bond acceptors (Lipinski definition) is 6. The maximum absolute atomic E-state index is 11.2. The molecule has 0 aliphatic heterocycles. The van der Waals surface area contributed by atoms with E-state index in [0.717, 1.165) is 0 Å². The number of ketones is 1. The molecular weight excluding hydrogens is 226 g/mol. The van der Waals surface area contributed by atoms with Gasteiger partial charge >= 0.3 is 0 Å². The summed E-state index contributed by atoms with van der Waals surface area (Å²) >= 11 is 1.35. The van der Waals surface area contributed by atoms with Gasteiger partial charge in [-0.1, -0.05) is 18.7 Å². The Morgan fingerprint density at radius 1 is 1.56 bits per heavy atom. The SMILES string of the molecule is CCC(=O)CSc1nc2ncnc(N)c2[nH]1. The second kappa shape index (κ2) is 4.48. The highest BCUT2D eigenvalue weighted by atomic mass is 32.2. The van der Waals surface area contributed by atoms with Gasteiger partial charge in [0.05, 0.1) is 5.75 Å². The number of nitrogens with zero attached hydrogens (tertiary/aromatic N) is 3. The summed E-state index contributed by atoms with van der Waals surface area (Å²) in [6.07, 6.45) is 1.90. The Hall–Kier alpha value is -1.63. The molecule has 0 saturated heterocycles. The van der Waals surface area contributed by atoms with Gasteiger partial charge < -0.3 is 10.7 Å². The van der Waals surface area contributed by atoms with E-state index in [4.69, 9.17) is 5.73 Å². The molecule has 0 fully saturated rings. The summed E-state index contributed by atoms with van der Waals surface area (Å²) in [4.78, 5) is 26.2. The lowest BCUT2D eigenvalue weighted by atomic mass is 10.4. The van der Waals surface area contributed by atoms with Crippen molar-refractivity contribution >= 4 is 34.5 Å². The van der Waals surface area contributed by atoms with Gasteiger partial charge in [0.1, 0.15) is 17.6 Å². The van der Waals surface area contributed by atoms with E-state index in [1.807, 2.05) is 6.92 Å². The summed E-state index contributed by atoms with van der Waals surface area (Å²) in [5.74, 6) is 0.958. The first-order chi connectivity index (χ1) is 7.70. The van der Waals surface area contributed by atoms with E-state index < -0.39 is 0 Å². The van der Waals surface area contributed by atoms with Gasteiger partial charge in [0.25, 0.3) is 0 Å². The summed E-state index contributed by atoms with van der Waals surface area (Å²) in [5.41, 5.74) is 6.80. The minimum Gasteiger partial charge on any atom is -0.382 e. The molecule has 0 aliphatic carbocycles. The summed E-state index contributed by atoms with van der Waals surface area (Å²) in [7, 11) is 0. The number of imidazole rings is 1. The molecule has 0 radical (unpaired) electrons. The molecule has 0 spiro atoms. The van der Waals surface area contributed by atoms with Crippen LogP contribution in [0.5, 0.6) is 0 Å². The molecule has 6 nitrogen and oxygen atoms in total. The number of rotatable bonds is 4. The van der Waals surface area contributed by atoms with Crippen molar-refractivity contribution in [2.45, 2.75) is 18.5 Å². The number of nitrogens with one attached hydrogen (secondary N) is 1. The van der Waals surface area contributed by atoms with Gasteiger partial charge in [-0.2, -0.15) is 0 Å². The van der Waals surface area contributed by atoms with Crippen molar-refractivity contribution in [3.63, 3.8) is 0 Å². The average Bonchev–Trinajstić information content (AvgIpc) is 2.70. The van der Waals surface area contributed by atoms with Gasteiger partial charge in [0.15, 0.2) is 16.6 Å². The molecule has 0 atom stereocenters. The Morgan fingerprint density at radius 3 is 3.06 bits per heavy atom. The zero-order chi connectivity index (χ0) is 11.5. The third-order valence-electron chi connectivity index (χ3n) is 2.06. The molecule has 7 heteroatoms. The van der Waals surface area contributed by atoms with Crippen LogP contribution < -0.4 is 5.73 Å². The molecule has 0 amide bonds. The van der Waals surface area contributed by atoms with Gasteiger partial charge in [0.2, 0.25) is 0 Å². The fraction of sp³-hybridized carbons (Fsp3) is 0.333. The zero-order valence-corrected chi connectivity index (χ0v) is 9.54. The molecule has 0 bridgehead atoms. The lowest BCUT2D eigenvalue weighted by molar-refractivity contribution is -0.116. The topological polar surface area (TPSA) is 97.6 Å². The Balaban J connectivity index is 2.20. The van der Waals surface area contributed by atoms with E-state index in [0.29, 0.717) is 34.3 Å². The number of fused-ring (bicyclic) bond motifs is 1. The maximum atomic E-state index is 11.2. The summed E-state index contributed by atoms with van der Waals surface area (Å²) in [6, 6.07) is 0. The molecule has 0 saturated carbocycles. The highest BCUT2D eigenvalue weighted by molar-refractivity contribution is 7.99. The standard InChI is InChI=1S/C9H11N5OS/c1-2-5(15)3-16-9-13-6-7(10)11-4-12-8(6)14-9/h4H,2-3H2,1H3,(H3,10,11,12,13,14). The second-order valence-corrected chi connectivity index (χ2v) is 4.14. The minimum absolute atomic E-state index is 0.185. The largest absolute Gasteiger partial charge is 0.382 e. The number of carbonyl (C=O) groups excluding carboxylic acids is 1. The van der Waals surface area contributed by atoms with Crippen LogP contribution >= 0.6 is 11.8 Å². The van der Waals surface area contributed by atoms with Crippen LogP contribution in [0.1, 0.15) is 13.3 Å². The van der Waals surface area contributed by atoms with Gasteiger partial charge in [-0.15, -0.1) is 0 Å². The number of anilines is 1. The van der Waals surface area contributed by atoms with Crippen molar-refractivity contribution < 1.29 is 4.79 Å². The van der Waals surface area contributed by atoms with Crippen molar-refractivity contribution in [2.75, 3.05) is 11.5 Å². The zero-order valence-electron chi connectivity index (χ0n) is 8.73. The minimum atomic E-state index is 0.185. The lowest BCUT2D eigenvalue weighted by Crippen LogP contribution is -1.98. The third kappa shape index (κ3) is 2.13. The fourth-order valence-electron chi connectivity index (χ4n) is 1.14. The van der Waals surface area contributed by atoms with Crippen LogP contribution in [0.2, 0.25) is 0 Å². The highest BCUT2D eigenvalue weighted by Gasteiger charge is 2.08. The molecule has 3 N–H and O–H groups in total. The van der Waals surface area contributed by atoms with Crippen LogP contribution in [0, 0.1) is 0 Å². The van der Waals surface area contributed by atoms with Gasteiger partial charge in [0, 0.05) is 6.42 Å².